The van der Waals surface area contributed by atoms with Gasteiger partial charge in [-0.3, -0.25) is 4.79 Å². The van der Waals surface area contributed by atoms with Crippen molar-refractivity contribution < 1.29 is 20.1 Å². The lowest BCUT2D eigenvalue weighted by Gasteiger charge is -2.19. The van der Waals surface area contributed by atoms with Crippen molar-refractivity contribution in [3.05, 3.63) is 0 Å². The van der Waals surface area contributed by atoms with Crippen LogP contribution < -0.4 is 5.73 Å². The second-order valence-corrected chi connectivity index (χ2v) is 2.35. The van der Waals surface area contributed by atoms with Gasteiger partial charge in [0.25, 0.3) is 0 Å². The zero-order valence-electron chi connectivity index (χ0n) is 6.27. The summed E-state index contributed by atoms with van der Waals surface area (Å²) in [5, 5.41) is 26.7. The summed E-state index contributed by atoms with van der Waals surface area (Å²) in [6, 6.07) is 0. The first-order valence-electron chi connectivity index (χ1n) is 3.25. The minimum atomic E-state index is -1.55. The Bertz CT molecular complexity index is 139. The molecule has 0 radical (unpaired) electrons. The van der Waals surface area contributed by atoms with E-state index >= 15 is 0 Å². The normalized spacial score (nSPS) is 19.0. The van der Waals surface area contributed by atoms with Gasteiger partial charge in [-0.15, -0.1) is 0 Å². The maximum absolute atomic E-state index is 10.4. The number of ketones is 1. The second-order valence-electron chi connectivity index (χ2n) is 2.35. The molecule has 5 nitrogen and oxygen atoms in total. The van der Waals surface area contributed by atoms with E-state index in [9.17, 15) is 4.79 Å². The highest BCUT2D eigenvalue weighted by atomic mass is 16.4. The number of carbonyl (C=O) groups excluding carboxylic acids is 1. The number of hydrogen-bond acceptors (Lipinski definition) is 5. The van der Waals surface area contributed by atoms with Gasteiger partial charge in [0.2, 0.25) is 0 Å². The molecule has 0 aliphatic rings. The Morgan fingerprint density at radius 1 is 1.45 bits per heavy atom. The molecule has 2 unspecified atom stereocenters. The van der Waals surface area contributed by atoms with E-state index in [2.05, 4.69) is 0 Å². The van der Waals surface area contributed by atoms with Gasteiger partial charge in [-0.25, -0.2) is 0 Å². The summed E-state index contributed by atoms with van der Waals surface area (Å²) in [7, 11) is 0. The van der Waals surface area contributed by atoms with Crippen molar-refractivity contribution in [2.75, 3.05) is 6.54 Å². The van der Waals surface area contributed by atoms with Crippen LogP contribution in [0.4, 0.5) is 0 Å². The van der Waals surface area contributed by atoms with Gasteiger partial charge in [-0.2, -0.15) is 0 Å². The molecule has 5 N–H and O–H groups in total. The number of aliphatic hydroxyl groups excluding tert-OH is 3. The third-order valence-corrected chi connectivity index (χ3v) is 1.38. The molecule has 11 heavy (non-hydrogen) atoms. The molecule has 0 fully saturated rings. The Hall–Kier alpha value is -0.490. The van der Waals surface area contributed by atoms with Crippen LogP contribution in [0.2, 0.25) is 0 Å². The molecule has 66 valence electrons. The smallest absolute Gasteiger partial charge is 0.160 e. The molecule has 0 bridgehead atoms. The van der Waals surface area contributed by atoms with Gasteiger partial charge in [-0.05, 0) is 6.92 Å². The maximum Gasteiger partial charge on any atom is 0.160 e. The predicted octanol–water partition coefficient (Wildman–Crippen LogP) is -2.38. The molecule has 0 aromatic heterocycles. The fourth-order valence-electron chi connectivity index (χ4n) is 0.590. The Morgan fingerprint density at radius 2 is 1.91 bits per heavy atom. The zero-order valence-corrected chi connectivity index (χ0v) is 6.27. The Labute approximate surface area is 64.4 Å². The van der Waals surface area contributed by atoms with E-state index < -0.39 is 24.1 Å². The van der Waals surface area contributed by atoms with Crippen LogP contribution in [0, 0.1) is 0 Å². The van der Waals surface area contributed by atoms with Crippen molar-refractivity contribution in [3.63, 3.8) is 0 Å². The molecule has 0 saturated heterocycles. The standard InChI is InChI=1S/C6H13NO4/c1-3(8)5(10)6(11)4(9)2-7/h4-6,9-11H,2,7H2,1H3/t4?,5-,6?/m1/s1. The van der Waals surface area contributed by atoms with Crippen LogP contribution in [0.25, 0.3) is 0 Å². The van der Waals surface area contributed by atoms with Gasteiger partial charge in [0, 0.05) is 6.54 Å². The molecule has 0 aliphatic heterocycles. The van der Waals surface area contributed by atoms with Gasteiger partial charge < -0.3 is 21.1 Å². The first kappa shape index (κ1) is 10.5. The fraction of sp³-hybridized carbons (Fsp3) is 0.833. The molecule has 0 aromatic carbocycles. The lowest BCUT2D eigenvalue weighted by molar-refractivity contribution is -0.135. The van der Waals surface area contributed by atoms with Crippen LogP contribution in [-0.2, 0) is 4.79 Å². The molecular weight excluding hydrogens is 150 g/mol. The quantitative estimate of drug-likeness (QED) is 0.370. The van der Waals surface area contributed by atoms with Crippen LogP contribution in [-0.4, -0.2) is 46.0 Å². The summed E-state index contributed by atoms with van der Waals surface area (Å²) in [6.07, 6.45) is -4.29. The third kappa shape index (κ3) is 2.94. The first-order chi connectivity index (χ1) is 5.00. The number of aliphatic hydroxyl groups is 3. The number of nitrogens with two attached hydrogens (primary N) is 1. The van der Waals surface area contributed by atoms with Crippen LogP contribution >= 0.6 is 0 Å². The minimum absolute atomic E-state index is 0.189. The van der Waals surface area contributed by atoms with E-state index in [1.54, 1.807) is 0 Å². The monoisotopic (exact) mass is 163 g/mol. The molecule has 0 saturated carbocycles. The summed E-state index contributed by atoms with van der Waals surface area (Å²) < 4.78 is 0. The molecule has 0 spiro atoms. The first-order valence-corrected chi connectivity index (χ1v) is 3.25. The van der Waals surface area contributed by atoms with Crippen LogP contribution in [0.15, 0.2) is 0 Å². The maximum atomic E-state index is 10.4. The highest BCUT2D eigenvalue weighted by Gasteiger charge is 2.26. The number of hydrogen-bond donors (Lipinski definition) is 4. The van der Waals surface area contributed by atoms with E-state index in [1.165, 1.54) is 0 Å². The van der Waals surface area contributed by atoms with Gasteiger partial charge in [0.15, 0.2) is 5.78 Å². The minimum Gasteiger partial charge on any atom is -0.389 e. The highest BCUT2D eigenvalue weighted by molar-refractivity contribution is 5.80. The summed E-state index contributed by atoms with van der Waals surface area (Å²) >= 11 is 0. The summed E-state index contributed by atoms with van der Waals surface area (Å²) in [4.78, 5) is 10.4. The van der Waals surface area contributed by atoms with Gasteiger partial charge in [-0.1, -0.05) is 0 Å². The highest BCUT2D eigenvalue weighted by Crippen LogP contribution is 1.99. The Morgan fingerprint density at radius 3 is 2.18 bits per heavy atom. The lowest BCUT2D eigenvalue weighted by atomic mass is 10.1. The molecule has 0 aromatic rings. The van der Waals surface area contributed by atoms with E-state index in [1.807, 2.05) is 0 Å². The zero-order chi connectivity index (χ0) is 9.02. The predicted molar refractivity (Wildman–Crippen MR) is 37.8 cm³/mol. The van der Waals surface area contributed by atoms with Crippen LogP contribution in [0.1, 0.15) is 6.92 Å². The average molecular weight is 163 g/mol. The van der Waals surface area contributed by atoms with Gasteiger partial charge in [0.1, 0.15) is 12.2 Å². The van der Waals surface area contributed by atoms with Crippen molar-refractivity contribution in [3.8, 4) is 0 Å². The van der Waals surface area contributed by atoms with E-state index in [0.29, 0.717) is 0 Å². The molecular formula is C6H13NO4. The SMILES string of the molecule is CC(=O)[C@@H](O)C(O)C(O)CN. The van der Waals surface area contributed by atoms with Crippen molar-refractivity contribution in [2.24, 2.45) is 5.73 Å². The largest absolute Gasteiger partial charge is 0.389 e. The average Bonchev–Trinajstić information content (AvgIpc) is 2.00. The van der Waals surface area contributed by atoms with Crippen molar-refractivity contribution in [2.45, 2.75) is 25.2 Å². The Kier molecular flexibility index (Phi) is 4.20. The fourth-order valence-corrected chi connectivity index (χ4v) is 0.590. The molecule has 0 aliphatic carbocycles. The number of carbonyl (C=O) groups is 1. The molecule has 0 amide bonds. The van der Waals surface area contributed by atoms with E-state index in [4.69, 9.17) is 21.1 Å². The number of rotatable bonds is 4. The second kappa shape index (κ2) is 4.40. The van der Waals surface area contributed by atoms with Crippen molar-refractivity contribution >= 4 is 5.78 Å². The summed E-state index contributed by atoms with van der Waals surface area (Å²) in [5.41, 5.74) is 4.98. The topological polar surface area (TPSA) is 104 Å². The van der Waals surface area contributed by atoms with Gasteiger partial charge >= 0.3 is 0 Å². The van der Waals surface area contributed by atoms with E-state index in [0.717, 1.165) is 6.92 Å². The molecule has 5 heteroatoms. The third-order valence-electron chi connectivity index (χ3n) is 1.38. The summed E-state index contributed by atoms with van der Waals surface area (Å²) in [5.74, 6) is -0.593. The van der Waals surface area contributed by atoms with Crippen molar-refractivity contribution in [1.29, 1.82) is 0 Å². The molecule has 0 heterocycles. The molecule has 0 rings (SSSR count). The number of Topliss-reactive ketones (excluding diaryl/α,β-unsaturated/α-hetero) is 1. The van der Waals surface area contributed by atoms with Crippen LogP contribution in [0.5, 0.6) is 0 Å². The van der Waals surface area contributed by atoms with Gasteiger partial charge in [0.05, 0.1) is 6.10 Å². The van der Waals surface area contributed by atoms with E-state index in [-0.39, 0.29) is 6.54 Å². The van der Waals surface area contributed by atoms with Crippen LogP contribution in [0.3, 0.4) is 0 Å². The molecule has 3 atom stereocenters. The van der Waals surface area contributed by atoms with Crippen molar-refractivity contribution in [1.82, 2.24) is 0 Å². The lowest BCUT2D eigenvalue weighted by Crippen LogP contribution is -2.44. The Balaban J connectivity index is 4.00. The summed E-state index contributed by atoms with van der Waals surface area (Å²) in [6.45, 7) is 0.933.